The van der Waals surface area contributed by atoms with E-state index in [2.05, 4.69) is 54.9 Å². The molecule has 3 aromatic rings. The van der Waals surface area contributed by atoms with Crippen LogP contribution in [0.2, 0.25) is 0 Å². The Hall–Kier alpha value is -3.83. The van der Waals surface area contributed by atoms with Crippen LogP contribution in [0.5, 0.6) is 5.75 Å². The molecule has 0 unspecified atom stereocenters. The molecule has 0 bridgehead atoms. The maximum absolute atomic E-state index is 10.9. The average molecular weight is 470 g/mol. The Morgan fingerprint density at radius 3 is 2.29 bits per heavy atom. The number of fused-ring (bicyclic) bond motifs is 1. The lowest BCUT2D eigenvalue weighted by molar-refractivity contribution is -0.139. The van der Waals surface area contributed by atoms with Crippen molar-refractivity contribution < 1.29 is 19.5 Å². The van der Waals surface area contributed by atoms with Crippen molar-refractivity contribution >= 4 is 5.97 Å². The topological polar surface area (TPSA) is 67.8 Å². The highest BCUT2D eigenvalue weighted by molar-refractivity contribution is 5.68. The van der Waals surface area contributed by atoms with E-state index in [1.54, 1.807) is 0 Å². The van der Waals surface area contributed by atoms with Gasteiger partial charge in [0.05, 0.1) is 0 Å². The molecule has 0 spiro atoms. The van der Waals surface area contributed by atoms with E-state index in [0.717, 1.165) is 48.1 Å². The highest BCUT2D eigenvalue weighted by Crippen LogP contribution is 2.32. The van der Waals surface area contributed by atoms with Gasteiger partial charge in [0.2, 0.25) is 0 Å². The standard InChI is InChI=1S/C30H31NO4/c1-2-26(31-35-30(23-10-5-3-6-11-23)24-12-7-4-8-13-24)18-16-22-17-19-27-25(20-22)14-9-15-28(27)34-21-29(32)33/h3-16,18,30-31H,2,17,19-21H2,1H3,(H,32,33). The highest BCUT2D eigenvalue weighted by Gasteiger charge is 2.18. The van der Waals surface area contributed by atoms with E-state index in [1.807, 2.05) is 48.5 Å². The first-order chi connectivity index (χ1) is 17.1. The van der Waals surface area contributed by atoms with Crippen molar-refractivity contribution in [1.29, 1.82) is 0 Å². The number of hydrogen-bond donors (Lipinski definition) is 2. The Balaban J connectivity index is 1.45. The first-order valence-corrected chi connectivity index (χ1v) is 12.0. The Morgan fingerprint density at radius 2 is 1.66 bits per heavy atom. The van der Waals surface area contributed by atoms with Gasteiger partial charge in [0.1, 0.15) is 11.9 Å². The number of carboxylic acid groups (broad SMARTS) is 1. The van der Waals surface area contributed by atoms with Crippen molar-refractivity contribution in [1.82, 2.24) is 5.48 Å². The molecule has 3 aromatic carbocycles. The van der Waals surface area contributed by atoms with Gasteiger partial charge in [-0.05, 0) is 60.1 Å². The molecular formula is C30H31NO4. The molecular weight excluding hydrogens is 438 g/mol. The van der Waals surface area contributed by atoms with E-state index in [-0.39, 0.29) is 12.7 Å². The van der Waals surface area contributed by atoms with E-state index >= 15 is 0 Å². The van der Waals surface area contributed by atoms with Crippen LogP contribution < -0.4 is 10.2 Å². The second-order valence-corrected chi connectivity index (χ2v) is 8.54. The predicted molar refractivity (Wildman–Crippen MR) is 137 cm³/mol. The number of ether oxygens (including phenoxy) is 1. The lowest BCUT2D eigenvalue weighted by Crippen LogP contribution is -2.19. The number of aliphatic carboxylic acids is 1. The minimum absolute atomic E-state index is 0.217. The molecule has 0 atom stereocenters. The zero-order valence-electron chi connectivity index (χ0n) is 19.9. The number of rotatable bonds is 10. The Kier molecular flexibility index (Phi) is 8.36. The van der Waals surface area contributed by atoms with Gasteiger partial charge in [0, 0.05) is 5.70 Å². The van der Waals surface area contributed by atoms with Gasteiger partial charge in [-0.25, -0.2) is 4.79 Å². The van der Waals surface area contributed by atoms with Crippen molar-refractivity contribution in [2.45, 2.75) is 38.7 Å². The Bertz CT molecular complexity index is 1150. The van der Waals surface area contributed by atoms with Gasteiger partial charge < -0.3 is 9.84 Å². The van der Waals surface area contributed by atoms with Crippen LogP contribution in [-0.4, -0.2) is 17.7 Å². The summed E-state index contributed by atoms with van der Waals surface area (Å²) >= 11 is 0. The largest absolute Gasteiger partial charge is 0.482 e. The summed E-state index contributed by atoms with van der Waals surface area (Å²) in [5, 5.41) is 8.92. The third kappa shape index (κ3) is 6.61. The summed E-state index contributed by atoms with van der Waals surface area (Å²) in [5.74, 6) is -0.288. The number of hydroxylamine groups is 1. The summed E-state index contributed by atoms with van der Waals surface area (Å²) in [6.07, 6.45) is 7.42. The number of nitrogens with one attached hydrogen (secondary N) is 1. The van der Waals surface area contributed by atoms with Crippen LogP contribution in [-0.2, 0) is 22.5 Å². The van der Waals surface area contributed by atoms with Crippen molar-refractivity contribution in [3.63, 3.8) is 0 Å². The van der Waals surface area contributed by atoms with Gasteiger partial charge in [-0.3, -0.25) is 10.3 Å². The van der Waals surface area contributed by atoms with Crippen LogP contribution in [0.3, 0.4) is 0 Å². The quantitative estimate of drug-likeness (QED) is 0.348. The monoisotopic (exact) mass is 469 g/mol. The van der Waals surface area contributed by atoms with Crippen molar-refractivity contribution in [2.24, 2.45) is 0 Å². The summed E-state index contributed by atoms with van der Waals surface area (Å²) in [5.41, 5.74) is 10.0. The number of benzene rings is 3. The Morgan fingerprint density at radius 1 is 0.971 bits per heavy atom. The van der Waals surface area contributed by atoms with Gasteiger partial charge in [0.15, 0.2) is 6.61 Å². The van der Waals surface area contributed by atoms with Gasteiger partial charge >= 0.3 is 5.97 Å². The first kappa shape index (κ1) is 24.3. The molecule has 1 aliphatic carbocycles. The number of hydrogen-bond acceptors (Lipinski definition) is 4. The van der Waals surface area contributed by atoms with Gasteiger partial charge in [-0.15, -0.1) is 0 Å². The van der Waals surface area contributed by atoms with Crippen molar-refractivity contribution in [3.05, 3.63) is 125 Å². The maximum atomic E-state index is 10.9. The fourth-order valence-electron chi connectivity index (χ4n) is 4.26. The minimum atomic E-state index is -0.965. The van der Waals surface area contributed by atoms with Crippen molar-refractivity contribution in [2.75, 3.05) is 6.61 Å². The first-order valence-electron chi connectivity index (χ1n) is 12.0. The van der Waals surface area contributed by atoms with E-state index in [4.69, 9.17) is 14.7 Å². The van der Waals surface area contributed by atoms with E-state index in [1.165, 1.54) is 11.1 Å². The molecule has 0 heterocycles. The maximum Gasteiger partial charge on any atom is 0.341 e. The zero-order valence-corrected chi connectivity index (χ0v) is 19.9. The number of carboxylic acids is 1. The van der Waals surface area contributed by atoms with E-state index < -0.39 is 5.97 Å². The summed E-state index contributed by atoms with van der Waals surface area (Å²) in [4.78, 5) is 17.1. The van der Waals surface area contributed by atoms with Crippen LogP contribution in [0.4, 0.5) is 0 Å². The van der Waals surface area contributed by atoms with Gasteiger partial charge in [-0.1, -0.05) is 91.4 Å². The Labute approximate surface area is 206 Å². The predicted octanol–water partition coefficient (Wildman–Crippen LogP) is 6.17. The van der Waals surface area contributed by atoms with Crippen LogP contribution in [0.1, 0.15) is 48.1 Å². The molecule has 180 valence electrons. The number of allylic oxidation sites excluding steroid dienone is 4. The third-order valence-corrected chi connectivity index (χ3v) is 6.11. The normalized spacial score (nSPS) is 14.6. The molecule has 0 aliphatic heterocycles. The summed E-state index contributed by atoms with van der Waals surface area (Å²) in [6.45, 7) is 1.78. The lowest BCUT2D eigenvalue weighted by atomic mass is 9.87. The zero-order chi connectivity index (χ0) is 24.5. The lowest BCUT2D eigenvalue weighted by Gasteiger charge is -2.22. The van der Waals surface area contributed by atoms with Crippen LogP contribution >= 0.6 is 0 Å². The highest BCUT2D eigenvalue weighted by atomic mass is 16.7. The molecule has 0 saturated carbocycles. The summed E-state index contributed by atoms with van der Waals surface area (Å²) < 4.78 is 5.49. The van der Waals surface area contributed by atoms with Crippen molar-refractivity contribution in [3.8, 4) is 5.75 Å². The SMILES string of the molecule is CCC(=CC=C1CCc2c(cccc2OCC(=O)O)C1)NOC(c1ccccc1)c1ccccc1. The van der Waals surface area contributed by atoms with Gasteiger partial charge in [-0.2, -0.15) is 0 Å². The molecule has 0 aromatic heterocycles. The van der Waals surface area contributed by atoms with E-state index in [9.17, 15) is 4.79 Å². The van der Waals surface area contributed by atoms with Crippen LogP contribution in [0.25, 0.3) is 0 Å². The molecule has 2 N–H and O–H groups in total. The van der Waals surface area contributed by atoms with Crippen LogP contribution in [0, 0.1) is 0 Å². The minimum Gasteiger partial charge on any atom is -0.482 e. The molecule has 0 saturated heterocycles. The smallest absolute Gasteiger partial charge is 0.341 e. The molecule has 4 rings (SSSR count). The second kappa shape index (κ2) is 12.0. The second-order valence-electron chi connectivity index (χ2n) is 8.54. The molecule has 0 fully saturated rings. The van der Waals surface area contributed by atoms with E-state index in [0.29, 0.717) is 5.75 Å². The third-order valence-electron chi connectivity index (χ3n) is 6.11. The van der Waals surface area contributed by atoms with Crippen LogP contribution in [0.15, 0.2) is 102 Å². The summed E-state index contributed by atoms with van der Waals surface area (Å²) in [6, 6.07) is 26.3. The average Bonchev–Trinajstić information content (AvgIpc) is 2.90. The molecule has 0 amide bonds. The molecule has 35 heavy (non-hydrogen) atoms. The fraction of sp³-hybridized carbons (Fsp3) is 0.233. The molecule has 0 radical (unpaired) electrons. The fourth-order valence-corrected chi connectivity index (χ4v) is 4.26. The molecule has 5 heteroatoms. The molecule has 5 nitrogen and oxygen atoms in total. The number of carbonyl (C=O) groups is 1. The molecule has 1 aliphatic rings. The summed E-state index contributed by atoms with van der Waals surface area (Å²) in [7, 11) is 0. The van der Waals surface area contributed by atoms with Gasteiger partial charge in [0.25, 0.3) is 0 Å².